The molecular weight excluding hydrogens is 230 g/mol. The van der Waals surface area contributed by atoms with Crippen LogP contribution >= 0.6 is 0 Å². The highest BCUT2D eigenvalue weighted by Crippen LogP contribution is 2.20. The summed E-state index contributed by atoms with van der Waals surface area (Å²) < 4.78 is 0. The quantitative estimate of drug-likeness (QED) is 0.622. The van der Waals surface area contributed by atoms with Gasteiger partial charge in [0.05, 0.1) is 0 Å². The van der Waals surface area contributed by atoms with Gasteiger partial charge in [0.1, 0.15) is 6.04 Å². The minimum Gasteiger partial charge on any atom is -0.480 e. The summed E-state index contributed by atoms with van der Waals surface area (Å²) in [5.74, 6) is -0.954. The molecule has 0 spiro atoms. The Morgan fingerprint density at radius 2 is 2.11 bits per heavy atom. The van der Waals surface area contributed by atoms with E-state index in [1.807, 2.05) is 12.1 Å². The largest absolute Gasteiger partial charge is 0.480 e. The van der Waals surface area contributed by atoms with Crippen molar-refractivity contribution >= 4 is 5.97 Å². The maximum atomic E-state index is 10.6. The van der Waals surface area contributed by atoms with Crippen molar-refractivity contribution < 1.29 is 9.90 Å². The molecule has 1 unspecified atom stereocenters. The highest BCUT2D eigenvalue weighted by Gasteiger charge is 2.20. The van der Waals surface area contributed by atoms with Crippen molar-refractivity contribution in [2.45, 2.75) is 31.7 Å². The smallest absolute Gasteiger partial charge is 0.320 e. The molecule has 0 amide bonds. The number of carbonyl (C=O) groups is 1. The van der Waals surface area contributed by atoms with E-state index in [0.717, 1.165) is 6.54 Å². The van der Waals surface area contributed by atoms with Crippen LogP contribution in [0.4, 0.5) is 0 Å². The molecule has 1 aromatic rings. The summed E-state index contributed by atoms with van der Waals surface area (Å²) >= 11 is 0. The molecule has 0 aliphatic rings. The second-order valence-corrected chi connectivity index (χ2v) is 5.03. The Balaban J connectivity index is 2.37. The minimum absolute atomic E-state index is 0.0176. The summed E-state index contributed by atoms with van der Waals surface area (Å²) in [5, 5.41) is 11.9. The lowest BCUT2D eigenvalue weighted by Gasteiger charge is -2.25. The van der Waals surface area contributed by atoms with Crippen molar-refractivity contribution in [3.8, 4) is 0 Å². The summed E-state index contributed by atoms with van der Waals surface area (Å²) in [6.07, 6.45) is 3.98. The Labute approximate surface area is 107 Å². The SMILES string of the molecule is CC(C)(CNCCC(N)C(=O)O)c1ccncc1. The first-order valence-corrected chi connectivity index (χ1v) is 6.03. The van der Waals surface area contributed by atoms with Gasteiger partial charge in [-0.05, 0) is 30.7 Å². The van der Waals surface area contributed by atoms with Crippen LogP contribution in [0.3, 0.4) is 0 Å². The lowest BCUT2D eigenvalue weighted by molar-refractivity contribution is -0.138. The number of nitrogens with one attached hydrogen (secondary N) is 1. The molecule has 5 nitrogen and oxygen atoms in total. The van der Waals surface area contributed by atoms with Crippen LogP contribution in [0.5, 0.6) is 0 Å². The van der Waals surface area contributed by atoms with E-state index < -0.39 is 12.0 Å². The summed E-state index contributed by atoms with van der Waals surface area (Å²) in [4.78, 5) is 14.5. The van der Waals surface area contributed by atoms with E-state index in [1.54, 1.807) is 12.4 Å². The summed E-state index contributed by atoms with van der Waals surface area (Å²) in [6.45, 7) is 5.63. The van der Waals surface area contributed by atoms with E-state index in [-0.39, 0.29) is 5.41 Å². The van der Waals surface area contributed by atoms with Gasteiger partial charge < -0.3 is 16.2 Å². The van der Waals surface area contributed by atoms with Gasteiger partial charge in [-0.25, -0.2) is 0 Å². The number of nitrogens with zero attached hydrogens (tertiary/aromatic N) is 1. The van der Waals surface area contributed by atoms with Gasteiger partial charge in [0.15, 0.2) is 0 Å². The zero-order chi connectivity index (χ0) is 13.6. The number of aliphatic carboxylic acids is 1. The Hall–Kier alpha value is -1.46. The third kappa shape index (κ3) is 4.43. The monoisotopic (exact) mass is 251 g/mol. The molecule has 18 heavy (non-hydrogen) atoms. The summed E-state index contributed by atoms with van der Waals surface area (Å²) in [7, 11) is 0. The fraction of sp³-hybridized carbons (Fsp3) is 0.538. The molecule has 0 saturated carbocycles. The molecule has 0 aromatic carbocycles. The number of pyridine rings is 1. The van der Waals surface area contributed by atoms with E-state index in [4.69, 9.17) is 10.8 Å². The lowest BCUT2D eigenvalue weighted by Crippen LogP contribution is -2.37. The van der Waals surface area contributed by atoms with Crippen molar-refractivity contribution in [3.05, 3.63) is 30.1 Å². The van der Waals surface area contributed by atoms with E-state index in [9.17, 15) is 4.79 Å². The van der Waals surface area contributed by atoms with E-state index in [1.165, 1.54) is 5.56 Å². The number of aromatic nitrogens is 1. The number of carboxylic acid groups (broad SMARTS) is 1. The van der Waals surface area contributed by atoms with Gasteiger partial charge in [-0.2, -0.15) is 0 Å². The molecule has 0 bridgehead atoms. The second-order valence-electron chi connectivity index (χ2n) is 5.03. The van der Waals surface area contributed by atoms with Gasteiger partial charge >= 0.3 is 5.97 Å². The van der Waals surface area contributed by atoms with Crippen molar-refractivity contribution in [1.29, 1.82) is 0 Å². The fourth-order valence-electron chi connectivity index (χ4n) is 1.69. The Kier molecular flexibility index (Phi) is 5.25. The lowest BCUT2D eigenvalue weighted by atomic mass is 9.85. The van der Waals surface area contributed by atoms with Gasteiger partial charge in [-0.3, -0.25) is 9.78 Å². The molecule has 100 valence electrons. The number of carboxylic acids is 1. The molecule has 1 atom stereocenters. The van der Waals surface area contributed by atoms with Gasteiger partial charge in [0.2, 0.25) is 0 Å². The maximum Gasteiger partial charge on any atom is 0.320 e. The topological polar surface area (TPSA) is 88.2 Å². The van der Waals surface area contributed by atoms with Gasteiger partial charge in [0.25, 0.3) is 0 Å². The molecule has 1 rings (SSSR count). The predicted molar refractivity (Wildman–Crippen MR) is 70.4 cm³/mol. The molecule has 0 aliphatic heterocycles. The fourth-order valence-corrected chi connectivity index (χ4v) is 1.69. The van der Waals surface area contributed by atoms with Crippen LogP contribution < -0.4 is 11.1 Å². The van der Waals surface area contributed by atoms with Gasteiger partial charge in [-0.15, -0.1) is 0 Å². The van der Waals surface area contributed by atoms with Crippen LogP contribution in [0.2, 0.25) is 0 Å². The van der Waals surface area contributed by atoms with Crippen molar-refractivity contribution in [1.82, 2.24) is 10.3 Å². The number of nitrogens with two attached hydrogens (primary N) is 1. The summed E-state index contributed by atoms with van der Waals surface area (Å²) in [5.41, 5.74) is 6.61. The first kappa shape index (κ1) is 14.6. The van der Waals surface area contributed by atoms with Crippen molar-refractivity contribution in [2.75, 3.05) is 13.1 Å². The van der Waals surface area contributed by atoms with E-state index in [2.05, 4.69) is 24.1 Å². The van der Waals surface area contributed by atoms with E-state index >= 15 is 0 Å². The highest BCUT2D eigenvalue weighted by atomic mass is 16.4. The standard InChI is InChI=1S/C13H21N3O2/c1-13(2,10-3-6-15-7-4-10)9-16-8-5-11(14)12(17)18/h3-4,6-7,11,16H,5,8-9,14H2,1-2H3,(H,17,18). The molecule has 1 heterocycles. The molecule has 1 aromatic heterocycles. The molecule has 0 saturated heterocycles. The summed E-state index contributed by atoms with van der Waals surface area (Å²) in [6, 6.07) is 3.19. The molecule has 0 fully saturated rings. The molecule has 0 aliphatic carbocycles. The first-order chi connectivity index (χ1) is 8.43. The molecule has 0 radical (unpaired) electrons. The van der Waals surface area contributed by atoms with Crippen molar-refractivity contribution in [2.24, 2.45) is 5.73 Å². The zero-order valence-corrected chi connectivity index (χ0v) is 10.9. The van der Waals surface area contributed by atoms with Crippen LogP contribution in [0.15, 0.2) is 24.5 Å². The average Bonchev–Trinajstić information content (AvgIpc) is 2.35. The Bertz CT molecular complexity index is 379. The Morgan fingerprint density at radius 1 is 1.50 bits per heavy atom. The second kappa shape index (κ2) is 6.47. The van der Waals surface area contributed by atoms with Crippen LogP contribution in [-0.4, -0.2) is 35.2 Å². The van der Waals surface area contributed by atoms with Gasteiger partial charge in [-0.1, -0.05) is 13.8 Å². The number of rotatable bonds is 7. The average molecular weight is 251 g/mol. The first-order valence-electron chi connectivity index (χ1n) is 6.03. The maximum absolute atomic E-state index is 10.6. The predicted octanol–water partition coefficient (Wildman–Crippen LogP) is 0.751. The van der Waals surface area contributed by atoms with Crippen molar-refractivity contribution in [3.63, 3.8) is 0 Å². The van der Waals surface area contributed by atoms with Crippen LogP contribution in [0.25, 0.3) is 0 Å². The van der Waals surface area contributed by atoms with Gasteiger partial charge in [0, 0.05) is 24.4 Å². The third-order valence-electron chi connectivity index (χ3n) is 2.98. The van der Waals surface area contributed by atoms with E-state index in [0.29, 0.717) is 13.0 Å². The van der Waals surface area contributed by atoms with Crippen LogP contribution in [0.1, 0.15) is 25.8 Å². The number of hydrogen-bond acceptors (Lipinski definition) is 4. The molecular formula is C13H21N3O2. The third-order valence-corrected chi connectivity index (χ3v) is 2.98. The molecule has 4 N–H and O–H groups in total. The minimum atomic E-state index is -0.954. The van der Waals surface area contributed by atoms with Crippen LogP contribution in [0, 0.1) is 0 Å². The zero-order valence-electron chi connectivity index (χ0n) is 10.9. The molecule has 5 heteroatoms. The highest BCUT2D eigenvalue weighted by molar-refractivity contribution is 5.72. The Morgan fingerprint density at radius 3 is 2.67 bits per heavy atom. The normalized spacial score (nSPS) is 13.3. The van der Waals surface area contributed by atoms with Crippen LogP contribution in [-0.2, 0) is 10.2 Å². The number of hydrogen-bond donors (Lipinski definition) is 3.